The number of carbonyl (C=O) groups excluding carboxylic acids is 1. The van der Waals surface area contributed by atoms with Crippen LogP contribution >= 0.6 is 11.6 Å². The summed E-state index contributed by atoms with van der Waals surface area (Å²) < 4.78 is 1.51. The molecule has 0 saturated carbocycles. The van der Waals surface area contributed by atoms with Gasteiger partial charge in [0.2, 0.25) is 11.9 Å². The Labute approximate surface area is 195 Å². The number of carboxylic acid groups (broad SMARTS) is 1. The van der Waals surface area contributed by atoms with Crippen LogP contribution in [-0.4, -0.2) is 72.8 Å². The van der Waals surface area contributed by atoms with E-state index in [4.69, 9.17) is 16.7 Å². The van der Waals surface area contributed by atoms with Crippen LogP contribution in [0.25, 0.3) is 0 Å². The van der Waals surface area contributed by atoms with Crippen molar-refractivity contribution in [2.75, 3.05) is 36.8 Å². The van der Waals surface area contributed by atoms with E-state index in [1.165, 1.54) is 15.8 Å². The Morgan fingerprint density at radius 3 is 2.52 bits per heavy atom. The average molecular weight is 471 g/mol. The van der Waals surface area contributed by atoms with Gasteiger partial charge in [0.15, 0.2) is 5.82 Å². The molecule has 1 fully saturated rings. The smallest absolute Gasteiger partial charge is 0.407 e. The van der Waals surface area contributed by atoms with Crippen LogP contribution in [0.15, 0.2) is 48.9 Å². The summed E-state index contributed by atoms with van der Waals surface area (Å²) in [6.45, 7) is 1.98. The van der Waals surface area contributed by atoms with Crippen LogP contribution in [0.1, 0.15) is 5.56 Å². The highest BCUT2D eigenvalue weighted by Gasteiger charge is 2.23. The number of benzene rings is 1. The van der Waals surface area contributed by atoms with E-state index < -0.39 is 6.09 Å². The van der Waals surface area contributed by atoms with Gasteiger partial charge >= 0.3 is 6.09 Å². The van der Waals surface area contributed by atoms with Crippen LogP contribution < -0.4 is 10.6 Å². The molecule has 3 heterocycles. The van der Waals surface area contributed by atoms with E-state index in [2.05, 4.69) is 25.7 Å². The molecule has 1 aromatic carbocycles. The van der Waals surface area contributed by atoms with Gasteiger partial charge in [0, 0.05) is 38.9 Å². The molecule has 0 unspecified atom stereocenters. The number of anilines is 3. The summed E-state index contributed by atoms with van der Waals surface area (Å²) in [5, 5.41) is 19.9. The van der Waals surface area contributed by atoms with Gasteiger partial charge in [-0.15, -0.1) is 0 Å². The summed E-state index contributed by atoms with van der Waals surface area (Å²) >= 11 is 6.22. The minimum atomic E-state index is -0.965. The Bertz CT molecular complexity index is 1120. The van der Waals surface area contributed by atoms with Crippen LogP contribution in [0.3, 0.4) is 0 Å². The number of amides is 2. The van der Waals surface area contributed by atoms with Crippen molar-refractivity contribution in [3.8, 4) is 0 Å². The first-order valence-corrected chi connectivity index (χ1v) is 10.7. The maximum atomic E-state index is 12.5. The molecule has 0 aliphatic carbocycles. The molecule has 0 radical (unpaired) electrons. The van der Waals surface area contributed by atoms with Gasteiger partial charge < -0.3 is 25.5 Å². The molecule has 1 saturated heterocycles. The second-order valence-electron chi connectivity index (χ2n) is 7.43. The lowest BCUT2D eigenvalue weighted by Gasteiger charge is -2.33. The van der Waals surface area contributed by atoms with Crippen molar-refractivity contribution in [3.63, 3.8) is 0 Å². The highest BCUT2D eigenvalue weighted by molar-refractivity contribution is 6.32. The summed E-state index contributed by atoms with van der Waals surface area (Å²) in [5.74, 6) is 0.719. The molecule has 3 N–H and O–H groups in total. The first-order chi connectivity index (χ1) is 16.0. The van der Waals surface area contributed by atoms with Gasteiger partial charge in [0.05, 0.1) is 18.1 Å². The van der Waals surface area contributed by atoms with Gasteiger partial charge in [-0.1, -0.05) is 41.9 Å². The topological polar surface area (TPSA) is 129 Å². The third kappa shape index (κ3) is 5.89. The molecule has 4 rings (SSSR count). The summed E-state index contributed by atoms with van der Waals surface area (Å²) in [5.41, 5.74) is 1.71. The molecule has 1 aliphatic heterocycles. The number of hydrogen-bond donors (Lipinski definition) is 3. The quantitative estimate of drug-likeness (QED) is 0.480. The molecule has 3 aromatic rings. The summed E-state index contributed by atoms with van der Waals surface area (Å²) in [6, 6.07) is 9.89. The van der Waals surface area contributed by atoms with Crippen molar-refractivity contribution in [1.29, 1.82) is 0 Å². The molecule has 2 amide bonds. The third-order valence-electron chi connectivity index (χ3n) is 5.14. The predicted octanol–water partition coefficient (Wildman–Crippen LogP) is 2.50. The molecule has 2 aromatic heterocycles. The van der Waals surface area contributed by atoms with Gasteiger partial charge in [-0.25, -0.2) is 9.78 Å². The molecular formula is C21H23ClN8O3. The van der Waals surface area contributed by atoms with Crippen LogP contribution in [0.2, 0.25) is 5.02 Å². The molecule has 33 heavy (non-hydrogen) atoms. The molecular weight excluding hydrogens is 448 g/mol. The fourth-order valence-corrected chi connectivity index (χ4v) is 3.52. The SMILES string of the molecule is O=C(O)N1CCN(C(=O)Cn2cc(Nc3ncc(Cl)c(NCc4ccccc4)n3)cn2)CC1. The molecule has 12 heteroatoms. The van der Waals surface area contributed by atoms with Crippen LogP contribution in [0.5, 0.6) is 0 Å². The molecule has 1 aliphatic rings. The zero-order valence-electron chi connectivity index (χ0n) is 17.7. The fourth-order valence-electron chi connectivity index (χ4n) is 3.36. The standard InChI is InChI=1S/C21H23ClN8O3/c22-17-12-24-20(27-19(17)23-10-15-4-2-1-3-5-15)26-16-11-25-30(13-16)14-18(31)28-6-8-29(9-7-28)21(32)33/h1-5,11-13H,6-10,14H2,(H,32,33)(H2,23,24,26,27). The van der Waals surface area contributed by atoms with E-state index in [0.29, 0.717) is 55.2 Å². The highest BCUT2D eigenvalue weighted by Crippen LogP contribution is 2.22. The van der Waals surface area contributed by atoms with Crippen molar-refractivity contribution in [2.45, 2.75) is 13.1 Å². The Morgan fingerprint density at radius 1 is 1.06 bits per heavy atom. The number of carbonyl (C=O) groups is 2. The lowest BCUT2D eigenvalue weighted by molar-refractivity contribution is -0.133. The van der Waals surface area contributed by atoms with E-state index in [9.17, 15) is 9.59 Å². The van der Waals surface area contributed by atoms with E-state index in [1.54, 1.807) is 17.3 Å². The minimum absolute atomic E-state index is 0.0557. The maximum absolute atomic E-state index is 12.5. The van der Waals surface area contributed by atoms with Gasteiger partial charge in [-0.3, -0.25) is 9.48 Å². The Kier molecular flexibility index (Phi) is 6.89. The van der Waals surface area contributed by atoms with Crippen molar-refractivity contribution in [2.24, 2.45) is 0 Å². The largest absolute Gasteiger partial charge is 0.465 e. The number of piperazine rings is 1. The molecule has 0 bridgehead atoms. The Balaban J connectivity index is 1.33. The lowest BCUT2D eigenvalue weighted by atomic mass is 10.2. The van der Waals surface area contributed by atoms with E-state index in [-0.39, 0.29) is 12.5 Å². The van der Waals surface area contributed by atoms with Crippen molar-refractivity contribution < 1.29 is 14.7 Å². The Hall–Kier alpha value is -3.86. The number of rotatable bonds is 7. The monoisotopic (exact) mass is 470 g/mol. The maximum Gasteiger partial charge on any atom is 0.407 e. The average Bonchev–Trinajstić information content (AvgIpc) is 3.26. The predicted molar refractivity (Wildman–Crippen MR) is 122 cm³/mol. The Morgan fingerprint density at radius 2 is 1.79 bits per heavy atom. The highest BCUT2D eigenvalue weighted by atomic mass is 35.5. The summed E-state index contributed by atoms with van der Waals surface area (Å²) in [6.07, 6.45) is 3.80. The second-order valence-corrected chi connectivity index (χ2v) is 7.84. The van der Waals surface area contributed by atoms with Gasteiger partial charge in [-0.05, 0) is 5.56 Å². The number of aromatic nitrogens is 4. The van der Waals surface area contributed by atoms with Crippen LogP contribution in [0.4, 0.5) is 22.2 Å². The summed E-state index contributed by atoms with van der Waals surface area (Å²) in [7, 11) is 0. The van der Waals surface area contributed by atoms with Crippen LogP contribution in [-0.2, 0) is 17.9 Å². The van der Waals surface area contributed by atoms with Gasteiger partial charge in [-0.2, -0.15) is 10.1 Å². The van der Waals surface area contributed by atoms with Gasteiger partial charge in [0.25, 0.3) is 0 Å². The lowest BCUT2D eigenvalue weighted by Crippen LogP contribution is -2.51. The third-order valence-corrected chi connectivity index (χ3v) is 5.41. The number of nitrogens with zero attached hydrogens (tertiary/aromatic N) is 6. The number of halogens is 1. The normalized spacial score (nSPS) is 13.6. The molecule has 11 nitrogen and oxygen atoms in total. The van der Waals surface area contributed by atoms with E-state index >= 15 is 0 Å². The number of hydrogen-bond acceptors (Lipinski definition) is 7. The number of nitrogens with one attached hydrogen (secondary N) is 2. The first-order valence-electron chi connectivity index (χ1n) is 10.3. The van der Waals surface area contributed by atoms with Gasteiger partial charge in [0.1, 0.15) is 11.6 Å². The zero-order chi connectivity index (χ0) is 23.2. The summed E-state index contributed by atoms with van der Waals surface area (Å²) in [4.78, 5) is 35.1. The fraction of sp³-hybridized carbons (Fsp3) is 0.286. The molecule has 172 valence electrons. The van der Waals surface area contributed by atoms with Crippen molar-refractivity contribution in [1.82, 2.24) is 29.5 Å². The molecule has 0 spiro atoms. The second kappa shape index (κ2) is 10.2. The molecule has 0 atom stereocenters. The zero-order valence-corrected chi connectivity index (χ0v) is 18.4. The van der Waals surface area contributed by atoms with E-state index in [0.717, 1.165) is 5.56 Å². The first kappa shape index (κ1) is 22.3. The van der Waals surface area contributed by atoms with E-state index in [1.807, 2.05) is 30.3 Å². The minimum Gasteiger partial charge on any atom is -0.465 e. The van der Waals surface area contributed by atoms with Crippen molar-refractivity contribution >= 4 is 41.1 Å². The van der Waals surface area contributed by atoms with Crippen LogP contribution in [0, 0.1) is 0 Å². The van der Waals surface area contributed by atoms with Crippen molar-refractivity contribution in [3.05, 3.63) is 59.5 Å².